The molecule has 0 aliphatic carbocycles. The van der Waals surface area contributed by atoms with Gasteiger partial charge in [-0.1, -0.05) is 6.08 Å². The molecule has 7 nitrogen and oxygen atoms in total. The summed E-state index contributed by atoms with van der Waals surface area (Å²) in [6.07, 6.45) is -1.25. The molecule has 0 saturated carbocycles. The van der Waals surface area contributed by atoms with Crippen LogP contribution in [0.5, 0.6) is 0 Å². The Morgan fingerprint density at radius 2 is 2.09 bits per heavy atom. The molecule has 1 aliphatic heterocycles. The van der Waals surface area contributed by atoms with E-state index in [1.807, 2.05) is 0 Å². The zero-order chi connectivity index (χ0) is 16.7. The fraction of sp³-hybridized carbons (Fsp3) is 0.667. The lowest BCUT2D eigenvalue weighted by Crippen LogP contribution is -2.45. The molecule has 0 radical (unpaired) electrons. The Morgan fingerprint density at radius 1 is 1.41 bits per heavy atom. The number of allylic oxidation sites excluding steroid dienone is 1. The average Bonchev–Trinajstić information content (AvgIpc) is 2.47. The van der Waals surface area contributed by atoms with Crippen molar-refractivity contribution in [3.8, 4) is 0 Å². The summed E-state index contributed by atoms with van der Waals surface area (Å²) in [6, 6.07) is 0. The summed E-state index contributed by atoms with van der Waals surface area (Å²) in [7, 11) is 1.36. The number of hydrogen-bond acceptors (Lipinski definition) is 7. The van der Waals surface area contributed by atoms with Crippen molar-refractivity contribution in [3.05, 3.63) is 12.2 Å². The molecule has 0 amide bonds. The molecule has 0 aromatic rings. The van der Waals surface area contributed by atoms with Crippen LogP contribution in [0.2, 0.25) is 0 Å². The zero-order valence-corrected chi connectivity index (χ0v) is 13.0. The van der Waals surface area contributed by atoms with Gasteiger partial charge in [0.05, 0.1) is 0 Å². The molecule has 1 fully saturated rings. The lowest BCUT2D eigenvalue weighted by molar-refractivity contribution is -0.177. The predicted molar refractivity (Wildman–Crippen MR) is 75.9 cm³/mol. The van der Waals surface area contributed by atoms with E-state index in [0.717, 1.165) is 0 Å². The molecule has 22 heavy (non-hydrogen) atoms. The normalized spacial score (nSPS) is 30.9. The summed E-state index contributed by atoms with van der Waals surface area (Å²) >= 11 is 0. The highest BCUT2D eigenvalue weighted by Gasteiger charge is 2.36. The van der Waals surface area contributed by atoms with E-state index in [9.17, 15) is 19.5 Å². The molecule has 7 heteroatoms. The number of hydrogen-bond donors (Lipinski definition) is 1. The van der Waals surface area contributed by atoms with Gasteiger partial charge in [0.25, 0.3) is 0 Å². The van der Waals surface area contributed by atoms with Crippen molar-refractivity contribution < 1.29 is 33.7 Å². The number of cyclic esters (lactones) is 1. The van der Waals surface area contributed by atoms with E-state index in [-0.39, 0.29) is 19.3 Å². The number of esters is 2. The quantitative estimate of drug-likeness (QED) is 0.599. The maximum Gasteiger partial charge on any atom is 0.330 e. The molecule has 124 valence electrons. The first-order valence-electron chi connectivity index (χ1n) is 7.15. The van der Waals surface area contributed by atoms with Crippen LogP contribution in [-0.2, 0) is 28.6 Å². The highest BCUT2D eigenvalue weighted by molar-refractivity contribution is 5.84. The second-order valence-electron chi connectivity index (χ2n) is 5.10. The van der Waals surface area contributed by atoms with Gasteiger partial charge in [-0.2, -0.15) is 0 Å². The summed E-state index contributed by atoms with van der Waals surface area (Å²) in [4.78, 5) is 35.3. The highest BCUT2D eigenvalue weighted by atomic mass is 16.6. The third-order valence-corrected chi connectivity index (χ3v) is 3.40. The molecule has 1 heterocycles. The van der Waals surface area contributed by atoms with Crippen LogP contribution in [0.4, 0.5) is 0 Å². The molecule has 1 saturated heterocycles. The lowest BCUT2D eigenvalue weighted by atomic mass is 9.98. The van der Waals surface area contributed by atoms with E-state index in [2.05, 4.69) is 0 Å². The molecule has 0 aromatic carbocycles. The maximum absolute atomic E-state index is 11.9. The summed E-state index contributed by atoms with van der Waals surface area (Å²) in [5, 5.41) is 9.72. The van der Waals surface area contributed by atoms with Gasteiger partial charge >= 0.3 is 11.9 Å². The monoisotopic (exact) mass is 314 g/mol. The van der Waals surface area contributed by atoms with Crippen LogP contribution in [0, 0.1) is 0 Å². The van der Waals surface area contributed by atoms with Crippen molar-refractivity contribution in [3.63, 3.8) is 0 Å². The van der Waals surface area contributed by atoms with E-state index in [1.165, 1.54) is 19.3 Å². The van der Waals surface area contributed by atoms with Crippen molar-refractivity contribution in [1.29, 1.82) is 0 Å². The third kappa shape index (κ3) is 5.23. The van der Waals surface area contributed by atoms with Gasteiger partial charge in [0.1, 0.15) is 18.3 Å². The highest BCUT2D eigenvalue weighted by Crippen LogP contribution is 2.19. The SMILES string of the molecule is C/C=C/C(=O)O[C@@H]1[C@@H](C)OC(=O)CC[C@H](O)C(=O)C[C@H]1OC. The summed E-state index contributed by atoms with van der Waals surface area (Å²) in [5.41, 5.74) is 0. The van der Waals surface area contributed by atoms with Crippen LogP contribution < -0.4 is 0 Å². The van der Waals surface area contributed by atoms with Crippen molar-refractivity contribution >= 4 is 17.7 Å². The minimum Gasteiger partial charge on any atom is -0.459 e. The molecule has 0 bridgehead atoms. The third-order valence-electron chi connectivity index (χ3n) is 3.40. The standard InChI is InChI=1S/C15H22O7/c1-4-5-13(18)22-15-9(2)21-14(19)7-6-10(16)11(17)8-12(15)20-3/h4-5,9-10,12,15-16H,6-8H2,1-3H3/b5-4+/t9-,10+,12-,15-/m1/s1. The van der Waals surface area contributed by atoms with Crippen molar-refractivity contribution in [2.24, 2.45) is 0 Å². The van der Waals surface area contributed by atoms with Crippen molar-refractivity contribution in [1.82, 2.24) is 0 Å². The molecule has 0 spiro atoms. The Morgan fingerprint density at radius 3 is 2.68 bits per heavy atom. The first-order valence-corrected chi connectivity index (χ1v) is 7.15. The zero-order valence-electron chi connectivity index (χ0n) is 13.0. The fourth-order valence-corrected chi connectivity index (χ4v) is 2.20. The van der Waals surface area contributed by atoms with Crippen LogP contribution in [0.3, 0.4) is 0 Å². The summed E-state index contributed by atoms with van der Waals surface area (Å²) < 4.78 is 15.7. The molecular weight excluding hydrogens is 292 g/mol. The Balaban J connectivity index is 2.99. The van der Waals surface area contributed by atoms with Gasteiger partial charge in [0.2, 0.25) is 0 Å². The fourth-order valence-electron chi connectivity index (χ4n) is 2.20. The van der Waals surface area contributed by atoms with Crippen LogP contribution in [0.25, 0.3) is 0 Å². The van der Waals surface area contributed by atoms with Gasteiger partial charge in [-0.3, -0.25) is 9.59 Å². The van der Waals surface area contributed by atoms with Gasteiger partial charge < -0.3 is 19.3 Å². The molecule has 0 aromatic heterocycles. The summed E-state index contributed by atoms with van der Waals surface area (Å²) in [6.45, 7) is 3.23. The lowest BCUT2D eigenvalue weighted by Gasteiger charge is -2.31. The summed E-state index contributed by atoms with van der Waals surface area (Å²) in [5.74, 6) is -1.65. The minimum absolute atomic E-state index is 0.00382. The van der Waals surface area contributed by atoms with Gasteiger partial charge in [0.15, 0.2) is 11.9 Å². The molecule has 0 unspecified atom stereocenters. The maximum atomic E-state index is 11.9. The minimum atomic E-state index is -1.26. The number of carbonyl (C=O) groups excluding carboxylic acids is 3. The molecule has 1 N–H and O–H groups in total. The molecular formula is C15H22O7. The number of ether oxygens (including phenoxy) is 3. The smallest absolute Gasteiger partial charge is 0.330 e. The first-order chi connectivity index (χ1) is 10.4. The van der Waals surface area contributed by atoms with Crippen LogP contribution in [-0.4, -0.2) is 54.4 Å². The number of aliphatic hydroxyl groups excluding tert-OH is 1. The predicted octanol–water partition coefficient (Wildman–Crippen LogP) is 0.535. The Kier molecular flexibility index (Phi) is 7.20. The number of carbonyl (C=O) groups is 3. The van der Waals surface area contributed by atoms with E-state index in [1.54, 1.807) is 13.8 Å². The number of Topliss-reactive ketones (excluding diaryl/α,β-unsaturated/α-hetero) is 1. The number of rotatable bonds is 3. The van der Waals surface area contributed by atoms with E-state index < -0.39 is 42.1 Å². The topological polar surface area (TPSA) is 99.1 Å². The van der Waals surface area contributed by atoms with Gasteiger partial charge in [-0.05, 0) is 20.3 Å². The Labute approximate surface area is 129 Å². The second kappa shape index (κ2) is 8.65. The number of ketones is 1. The second-order valence-corrected chi connectivity index (χ2v) is 5.10. The van der Waals surface area contributed by atoms with Crippen LogP contribution >= 0.6 is 0 Å². The van der Waals surface area contributed by atoms with Gasteiger partial charge in [-0.15, -0.1) is 0 Å². The van der Waals surface area contributed by atoms with Gasteiger partial charge in [-0.25, -0.2) is 4.79 Å². The average molecular weight is 314 g/mol. The molecule has 1 aliphatic rings. The van der Waals surface area contributed by atoms with Crippen molar-refractivity contribution in [2.75, 3.05) is 7.11 Å². The van der Waals surface area contributed by atoms with Crippen molar-refractivity contribution in [2.45, 2.75) is 57.5 Å². The van der Waals surface area contributed by atoms with E-state index >= 15 is 0 Å². The number of methoxy groups -OCH3 is 1. The largest absolute Gasteiger partial charge is 0.459 e. The molecule has 4 atom stereocenters. The number of aliphatic hydroxyl groups is 1. The van der Waals surface area contributed by atoms with E-state index in [0.29, 0.717) is 0 Å². The van der Waals surface area contributed by atoms with Crippen LogP contribution in [0.15, 0.2) is 12.2 Å². The Bertz CT molecular complexity index is 443. The van der Waals surface area contributed by atoms with Gasteiger partial charge in [0, 0.05) is 26.0 Å². The van der Waals surface area contributed by atoms with Crippen LogP contribution in [0.1, 0.15) is 33.1 Å². The first kappa shape index (κ1) is 18.3. The molecule has 1 rings (SSSR count). The van der Waals surface area contributed by atoms with E-state index in [4.69, 9.17) is 14.2 Å². The Hall–Kier alpha value is -1.73.